The third kappa shape index (κ3) is 6.54. The minimum atomic E-state index is 0. The second-order valence-corrected chi connectivity index (χ2v) is 6.03. The van der Waals surface area contributed by atoms with Gasteiger partial charge in [0.2, 0.25) is 0 Å². The van der Waals surface area contributed by atoms with Gasteiger partial charge in [-0.15, -0.1) is 24.0 Å². The van der Waals surface area contributed by atoms with Crippen LogP contribution in [0.4, 0.5) is 0 Å². The average Bonchev–Trinajstić information content (AvgIpc) is 3.09. The summed E-state index contributed by atoms with van der Waals surface area (Å²) in [6, 6.07) is 5.84. The Balaban J connectivity index is 0.00000312. The van der Waals surface area contributed by atoms with Crippen LogP contribution in [-0.4, -0.2) is 58.3 Å². The SMILES string of the molecule is CCN1CCC(CNC(=NC)NCc2ccc(OC)cc2OC)C1.I. The van der Waals surface area contributed by atoms with Gasteiger partial charge in [0.25, 0.3) is 0 Å². The average molecular weight is 462 g/mol. The van der Waals surface area contributed by atoms with Gasteiger partial charge in [-0.3, -0.25) is 4.99 Å². The summed E-state index contributed by atoms with van der Waals surface area (Å²) in [6.45, 7) is 7.35. The van der Waals surface area contributed by atoms with Gasteiger partial charge in [0.1, 0.15) is 11.5 Å². The number of aliphatic imine (C=N–C) groups is 1. The Bertz CT molecular complexity index is 554. The quantitative estimate of drug-likeness (QED) is 0.370. The first kappa shape index (κ1) is 21.8. The largest absolute Gasteiger partial charge is 0.497 e. The number of halogens is 1. The van der Waals surface area contributed by atoms with Crippen molar-refractivity contribution < 1.29 is 9.47 Å². The molecule has 0 bridgehead atoms. The van der Waals surface area contributed by atoms with E-state index in [1.54, 1.807) is 21.3 Å². The molecule has 2 N–H and O–H groups in total. The molecule has 2 rings (SSSR count). The fourth-order valence-corrected chi connectivity index (χ4v) is 3.01. The maximum atomic E-state index is 5.43. The van der Waals surface area contributed by atoms with E-state index in [-0.39, 0.29) is 24.0 Å². The lowest BCUT2D eigenvalue weighted by Crippen LogP contribution is -2.40. The van der Waals surface area contributed by atoms with Gasteiger partial charge in [0, 0.05) is 38.3 Å². The number of benzene rings is 1. The number of methoxy groups -OCH3 is 2. The second-order valence-electron chi connectivity index (χ2n) is 6.03. The van der Waals surface area contributed by atoms with E-state index >= 15 is 0 Å². The molecule has 0 saturated carbocycles. The zero-order chi connectivity index (χ0) is 17.4. The monoisotopic (exact) mass is 462 g/mol. The van der Waals surface area contributed by atoms with Gasteiger partial charge in [-0.25, -0.2) is 0 Å². The molecule has 1 fully saturated rings. The molecule has 0 amide bonds. The highest BCUT2D eigenvalue weighted by atomic mass is 127. The van der Waals surface area contributed by atoms with Crippen LogP contribution in [0.3, 0.4) is 0 Å². The molecule has 7 heteroatoms. The smallest absolute Gasteiger partial charge is 0.191 e. The molecule has 142 valence electrons. The van der Waals surface area contributed by atoms with Crippen LogP contribution >= 0.6 is 24.0 Å². The fraction of sp³-hybridized carbons (Fsp3) is 0.611. The van der Waals surface area contributed by atoms with Crippen molar-refractivity contribution in [1.82, 2.24) is 15.5 Å². The van der Waals surface area contributed by atoms with Gasteiger partial charge < -0.3 is 25.0 Å². The zero-order valence-corrected chi connectivity index (χ0v) is 18.0. The maximum absolute atomic E-state index is 5.43. The third-order valence-electron chi connectivity index (χ3n) is 4.54. The normalized spacial score (nSPS) is 17.8. The Hall–Kier alpha value is -1.22. The number of guanidine groups is 1. The van der Waals surface area contributed by atoms with Crippen LogP contribution in [0, 0.1) is 5.92 Å². The summed E-state index contributed by atoms with van der Waals surface area (Å²) in [6.07, 6.45) is 1.25. The molecule has 1 unspecified atom stereocenters. The number of nitrogens with one attached hydrogen (secondary N) is 2. The molecule has 6 nitrogen and oxygen atoms in total. The number of nitrogens with zero attached hydrogens (tertiary/aromatic N) is 2. The highest BCUT2D eigenvalue weighted by Crippen LogP contribution is 2.24. The van der Waals surface area contributed by atoms with E-state index in [0.717, 1.165) is 36.1 Å². The lowest BCUT2D eigenvalue weighted by atomic mass is 10.1. The molecular formula is C18H31IN4O2. The Morgan fingerprint density at radius 3 is 2.68 bits per heavy atom. The highest BCUT2D eigenvalue weighted by molar-refractivity contribution is 14.0. The van der Waals surface area contributed by atoms with E-state index in [1.807, 2.05) is 18.2 Å². The maximum Gasteiger partial charge on any atom is 0.191 e. The molecule has 0 aromatic heterocycles. The van der Waals surface area contributed by atoms with Crippen molar-refractivity contribution in [3.8, 4) is 11.5 Å². The summed E-state index contributed by atoms with van der Waals surface area (Å²) in [7, 11) is 5.12. The molecule has 1 aromatic rings. The first-order valence-electron chi connectivity index (χ1n) is 8.57. The molecule has 0 radical (unpaired) electrons. The van der Waals surface area contributed by atoms with E-state index in [0.29, 0.717) is 12.5 Å². The Kier molecular flexibility index (Phi) is 9.96. The van der Waals surface area contributed by atoms with E-state index in [9.17, 15) is 0 Å². The molecule has 25 heavy (non-hydrogen) atoms. The number of hydrogen-bond acceptors (Lipinski definition) is 4. The Labute approximate surface area is 168 Å². The van der Waals surface area contributed by atoms with Gasteiger partial charge in [-0.2, -0.15) is 0 Å². The first-order chi connectivity index (χ1) is 11.7. The summed E-state index contributed by atoms with van der Waals surface area (Å²) in [5.74, 6) is 3.12. The summed E-state index contributed by atoms with van der Waals surface area (Å²) in [5.41, 5.74) is 1.07. The van der Waals surface area contributed by atoms with Crippen LogP contribution in [-0.2, 0) is 6.54 Å². The minimum absolute atomic E-state index is 0. The fourth-order valence-electron chi connectivity index (χ4n) is 3.01. The number of hydrogen-bond donors (Lipinski definition) is 2. The lowest BCUT2D eigenvalue weighted by Gasteiger charge is -2.17. The molecular weight excluding hydrogens is 431 g/mol. The zero-order valence-electron chi connectivity index (χ0n) is 15.7. The van der Waals surface area contributed by atoms with E-state index in [2.05, 4.69) is 27.4 Å². The number of ether oxygens (including phenoxy) is 2. The summed E-state index contributed by atoms with van der Waals surface area (Å²) in [5, 5.41) is 6.78. The third-order valence-corrected chi connectivity index (χ3v) is 4.54. The van der Waals surface area contributed by atoms with Crippen molar-refractivity contribution in [3.05, 3.63) is 23.8 Å². The van der Waals surface area contributed by atoms with Crippen LogP contribution in [0.15, 0.2) is 23.2 Å². The molecule has 1 heterocycles. The number of rotatable bonds is 7. The van der Waals surface area contributed by atoms with Crippen molar-refractivity contribution in [1.29, 1.82) is 0 Å². The summed E-state index contributed by atoms with van der Waals surface area (Å²) < 4.78 is 10.7. The molecule has 1 aliphatic rings. The summed E-state index contributed by atoms with van der Waals surface area (Å²) >= 11 is 0. The van der Waals surface area contributed by atoms with Crippen LogP contribution in [0.25, 0.3) is 0 Å². The van der Waals surface area contributed by atoms with Crippen LogP contribution < -0.4 is 20.1 Å². The van der Waals surface area contributed by atoms with Crippen molar-refractivity contribution >= 4 is 29.9 Å². The molecule has 0 aliphatic carbocycles. The van der Waals surface area contributed by atoms with Crippen molar-refractivity contribution in [3.63, 3.8) is 0 Å². The van der Waals surface area contributed by atoms with Crippen LogP contribution in [0.1, 0.15) is 18.9 Å². The molecule has 0 spiro atoms. The van der Waals surface area contributed by atoms with Crippen molar-refractivity contribution in [2.45, 2.75) is 19.9 Å². The Morgan fingerprint density at radius 2 is 2.08 bits per heavy atom. The lowest BCUT2D eigenvalue weighted by molar-refractivity contribution is 0.342. The van der Waals surface area contributed by atoms with Gasteiger partial charge in [0.15, 0.2) is 5.96 Å². The topological polar surface area (TPSA) is 58.1 Å². The molecule has 1 saturated heterocycles. The van der Waals surface area contributed by atoms with Gasteiger partial charge >= 0.3 is 0 Å². The predicted octanol–water partition coefficient (Wildman–Crippen LogP) is 2.33. The van der Waals surface area contributed by atoms with E-state index in [1.165, 1.54) is 19.5 Å². The molecule has 1 aliphatic heterocycles. The van der Waals surface area contributed by atoms with Crippen LogP contribution in [0.2, 0.25) is 0 Å². The highest BCUT2D eigenvalue weighted by Gasteiger charge is 2.21. The van der Waals surface area contributed by atoms with Gasteiger partial charge in [-0.05, 0) is 37.6 Å². The van der Waals surface area contributed by atoms with Crippen LogP contribution in [0.5, 0.6) is 11.5 Å². The van der Waals surface area contributed by atoms with Gasteiger partial charge in [0.05, 0.1) is 14.2 Å². The molecule has 1 atom stereocenters. The predicted molar refractivity (Wildman–Crippen MR) is 113 cm³/mol. The van der Waals surface area contributed by atoms with E-state index in [4.69, 9.17) is 9.47 Å². The van der Waals surface area contributed by atoms with Gasteiger partial charge in [-0.1, -0.05) is 6.92 Å². The number of likely N-dealkylation sites (tertiary alicyclic amines) is 1. The standard InChI is InChI=1S/C18H30N4O2.HI/c1-5-22-9-8-14(13-22)11-20-18(19-2)21-12-15-6-7-16(23-3)10-17(15)24-4;/h6-7,10,14H,5,8-9,11-13H2,1-4H3,(H2,19,20,21);1H. The first-order valence-corrected chi connectivity index (χ1v) is 8.57. The Morgan fingerprint density at radius 1 is 1.28 bits per heavy atom. The summed E-state index contributed by atoms with van der Waals surface area (Å²) in [4.78, 5) is 6.80. The van der Waals surface area contributed by atoms with Crippen molar-refractivity contribution in [2.24, 2.45) is 10.9 Å². The second kappa shape index (κ2) is 11.4. The van der Waals surface area contributed by atoms with E-state index < -0.39 is 0 Å². The van der Waals surface area contributed by atoms with Crippen molar-refractivity contribution in [2.75, 3.05) is 47.4 Å². The molecule has 1 aromatic carbocycles. The minimum Gasteiger partial charge on any atom is -0.497 e.